The van der Waals surface area contributed by atoms with E-state index in [0.29, 0.717) is 6.04 Å². The number of aromatic nitrogens is 2. The Labute approximate surface area is 69.4 Å². The lowest BCUT2D eigenvalue weighted by Crippen LogP contribution is -2.56. The van der Waals surface area contributed by atoms with Crippen LogP contribution >= 0.6 is 11.5 Å². The molecular weight excluding hydrogens is 160 g/mol. The lowest BCUT2D eigenvalue weighted by molar-refractivity contribution is 0.428. The number of anilines is 1. The Hall–Kier alpha value is -0.680. The van der Waals surface area contributed by atoms with E-state index in [1.807, 2.05) is 0 Å². The van der Waals surface area contributed by atoms with Gasteiger partial charge < -0.3 is 10.2 Å². The second-order valence-corrected chi connectivity index (χ2v) is 3.41. The van der Waals surface area contributed by atoms with Gasteiger partial charge in [0.05, 0.1) is 6.04 Å². The third-order valence-electron chi connectivity index (χ3n) is 1.96. The van der Waals surface area contributed by atoms with E-state index < -0.39 is 0 Å². The molecule has 2 rings (SSSR count). The minimum Gasteiger partial charge on any atom is -0.344 e. The van der Waals surface area contributed by atoms with E-state index in [1.54, 1.807) is 6.33 Å². The third kappa shape index (κ3) is 1.21. The van der Waals surface area contributed by atoms with Crippen LogP contribution in [-0.4, -0.2) is 35.5 Å². The van der Waals surface area contributed by atoms with E-state index in [1.165, 1.54) is 11.5 Å². The van der Waals surface area contributed by atoms with Crippen LogP contribution in [0.15, 0.2) is 6.33 Å². The zero-order chi connectivity index (χ0) is 7.68. The van der Waals surface area contributed by atoms with Crippen LogP contribution in [0.2, 0.25) is 0 Å². The molecule has 1 aliphatic rings. The number of hydrogen-bond acceptors (Lipinski definition) is 5. The topological polar surface area (TPSA) is 41.1 Å². The molecule has 1 aliphatic heterocycles. The first kappa shape index (κ1) is 7.00. The molecule has 4 nitrogen and oxygen atoms in total. The third-order valence-corrected chi connectivity index (χ3v) is 2.72. The van der Waals surface area contributed by atoms with E-state index in [2.05, 4.69) is 26.6 Å². The van der Waals surface area contributed by atoms with Crippen LogP contribution in [0.3, 0.4) is 0 Å². The van der Waals surface area contributed by atoms with Crippen molar-refractivity contribution < 1.29 is 0 Å². The second-order valence-electron chi connectivity index (χ2n) is 2.65. The maximum absolute atomic E-state index is 4.12. The summed E-state index contributed by atoms with van der Waals surface area (Å²) in [5, 5.41) is 4.23. The highest BCUT2D eigenvalue weighted by atomic mass is 32.1. The molecular formula is C6H10N4S. The van der Waals surface area contributed by atoms with Gasteiger partial charge >= 0.3 is 0 Å². The smallest absolute Gasteiger partial charge is 0.204 e. The normalized spacial score (nSPS) is 17.9. The SMILES string of the molecule is CN(c1ncns1)C1CNC1. The standard InChI is InChI=1S/C6H10N4S/c1-10(5-2-7-3-5)6-8-4-9-11-6/h4-5,7H,2-3H2,1H3. The van der Waals surface area contributed by atoms with Crippen LogP contribution < -0.4 is 10.2 Å². The monoisotopic (exact) mass is 170 g/mol. The van der Waals surface area contributed by atoms with Crippen molar-refractivity contribution in [2.75, 3.05) is 25.0 Å². The van der Waals surface area contributed by atoms with Crippen molar-refractivity contribution in [1.82, 2.24) is 14.7 Å². The summed E-state index contributed by atoms with van der Waals surface area (Å²) in [4.78, 5) is 6.30. The molecule has 1 N–H and O–H groups in total. The van der Waals surface area contributed by atoms with Gasteiger partial charge in [-0.05, 0) is 0 Å². The van der Waals surface area contributed by atoms with Gasteiger partial charge in [-0.25, -0.2) is 4.98 Å². The fourth-order valence-corrected chi connectivity index (χ4v) is 1.59. The van der Waals surface area contributed by atoms with Gasteiger partial charge in [0.25, 0.3) is 0 Å². The van der Waals surface area contributed by atoms with Crippen LogP contribution in [0.5, 0.6) is 0 Å². The Morgan fingerprint density at radius 2 is 2.55 bits per heavy atom. The molecule has 0 atom stereocenters. The van der Waals surface area contributed by atoms with Crippen molar-refractivity contribution >= 4 is 16.7 Å². The molecule has 0 amide bonds. The Morgan fingerprint density at radius 1 is 1.73 bits per heavy atom. The van der Waals surface area contributed by atoms with Crippen molar-refractivity contribution in [3.63, 3.8) is 0 Å². The largest absolute Gasteiger partial charge is 0.344 e. The summed E-state index contributed by atoms with van der Waals surface area (Å²) in [5.41, 5.74) is 0. The molecule has 0 aromatic carbocycles. The Bertz CT molecular complexity index is 218. The van der Waals surface area contributed by atoms with Gasteiger partial charge in [-0.15, -0.1) is 0 Å². The molecule has 2 heterocycles. The minimum atomic E-state index is 0.614. The van der Waals surface area contributed by atoms with Crippen molar-refractivity contribution in [2.24, 2.45) is 0 Å². The summed E-state index contributed by atoms with van der Waals surface area (Å²) >= 11 is 1.45. The Kier molecular flexibility index (Phi) is 1.75. The van der Waals surface area contributed by atoms with Gasteiger partial charge in [-0.2, -0.15) is 4.37 Å². The molecule has 1 aromatic rings. The Morgan fingerprint density at radius 3 is 3.00 bits per heavy atom. The van der Waals surface area contributed by atoms with Gasteiger partial charge in [0.1, 0.15) is 6.33 Å². The van der Waals surface area contributed by atoms with Crippen molar-refractivity contribution in [1.29, 1.82) is 0 Å². The summed E-state index contributed by atoms with van der Waals surface area (Å²) in [7, 11) is 2.06. The molecule has 1 fully saturated rings. The molecule has 0 radical (unpaired) electrons. The van der Waals surface area contributed by atoms with Crippen LogP contribution in [0.1, 0.15) is 0 Å². The number of nitrogens with one attached hydrogen (secondary N) is 1. The van der Waals surface area contributed by atoms with Gasteiger partial charge in [0, 0.05) is 31.7 Å². The summed E-state index contributed by atoms with van der Waals surface area (Å²) in [6.07, 6.45) is 1.60. The first-order valence-electron chi connectivity index (χ1n) is 3.58. The maximum Gasteiger partial charge on any atom is 0.204 e. The van der Waals surface area contributed by atoms with Gasteiger partial charge in [-0.3, -0.25) is 0 Å². The fraction of sp³-hybridized carbons (Fsp3) is 0.667. The van der Waals surface area contributed by atoms with Crippen molar-refractivity contribution in [2.45, 2.75) is 6.04 Å². The van der Waals surface area contributed by atoms with Gasteiger partial charge in [0.2, 0.25) is 5.13 Å². The zero-order valence-corrected chi connectivity index (χ0v) is 7.14. The lowest BCUT2D eigenvalue weighted by atomic mass is 10.2. The van der Waals surface area contributed by atoms with E-state index in [-0.39, 0.29) is 0 Å². The maximum atomic E-state index is 4.12. The predicted octanol–water partition coefficient (Wildman–Crippen LogP) is -0.0539. The first-order valence-corrected chi connectivity index (χ1v) is 4.35. The zero-order valence-electron chi connectivity index (χ0n) is 6.32. The Balaban J connectivity index is 2.04. The van der Waals surface area contributed by atoms with E-state index in [0.717, 1.165) is 18.2 Å². The van der Waals surface area contributed by atoms with E-state index in [9.17, 15) is 0 Å². The molecule has 0 spiro atoms. The number of nitrogens with zero attached hydrogens (tertiary/aromatic N) is 3. The lowest BCUT2D eigenvalue weighted by Gasteiger charge is -2.35. The molecule has 11 heavy (non-hydrogen) atoms. The molecule has 0 aliphatic carbocycles. The average Bonchev–Trinajstić information content (AvgIpc) is 2.32. The number of rotatable bonds is 2. The summed E-state index contributed by atoms with van der Waals surface area (Å²) in [6.45, 7) is 2.13. The van der Waals surface area contributed by atoms with Crippen LogP contribution in [-0.2, 0) is 0 Å². The van der Waals surface area contributed by atoms with E-state index >= 15 is 0 Å². The van der Waals surface area contributed by atoms with Gasteiger partial charge in [0.15, 0.2) is 0 Å². The highest BCUT2D eigenvalue weighted by Crippen LogP contribution is 2.16. The van der Waals surface area contributed by atoms with Crippen molar-refractivity contribution in [3.8, 4) is 0 Å². The number of likely N-dealkylation sites (N-methyl/N-ethyl adjacent to an activating group) is 1. The molecule has 0 unspecified atom stereocenters. The highest BCUT2D eigenvalue weighted by molar-refractivity contribution is 7.09. The van der Waals surface area contributed by atoms with Gasteiger partial charge in [-0.1, -0.05) is 0 Å². The molecule has 1 aromatic heterocycles. The molecule has 1 saturated heterocycles. The average molecular weight is 170 g/mol. The summed E-state index contributed by atoms with van der Waals surface area (Å²) in [6, 6.07) is 0.614. The van der Waals surface area contributed by atoms with Crippen molar-refractivity contribution in [3.05, 3.63) is 6.33 Å². The van der Waals surface area contributed by atoms with Crippen LogP contribution in [0.25, 0.3) is 0 Å². The quantitative estimate of drug-likeness (QED) is 0.675. The first-order chi connectivity index (χ1) is 5.38. The van der Waals surface area contributed by atoms with E-state index in [4.69, 9.17) is 0 Å². The molecule has 60 valence electrons. The molecule has 0 bridgehead atoms. The van der Waals surface area contributed by atoms with Crippen LogP contribution in [0, 0.1) is 0 Å². The molecule has 5 heteroatoms. The molecule has 0 saturated carbocycles. The summed E-state index contributed by atoms with van der Waals surface area (Å²) < 4.78 is 3.95. The highest BCUT2D eigenvalue weighted by Gasteiger charge is 2.22. The fourth-order valence-electron chi connectivity index (χ4n) is 1.03. The summed E-state index contributed by atoms with van der Waals surface area (Å²) in [5.74, 6) is 0. The minimum absolute atomic E-state index is 0.614. The predicted molar refractivity (Wildman–Crippen MR) is 45.0 cm³/mol. The second kappa shape index (κ2) is 2.75. The van der Waals surface area contributed by atoms with Crippen LogP contribution in [0.4, 0.5) is 5.13 Å². The number of hydrogen-bond donors (Lipinski definition) is 1.